The average molecular weight is 367 g/mol. The van der Waals surface area contributed by atoms with Gasteiger partial charge in [-0.1, -0.05) is 18.2 Å². The Morgan fingerprint density at radius 2 is 2.12 bits per heavy atom. The van der Waals surface area contributed by atoms with Crippen molar-refractivity contribution in [2.75, 3.05) is 0 Å². The molecule has 8 nitrogen and oxygen atoms in total. The number of hydrogen-bond acceptors (Lipinski definition) is 8. The van der Waals surface area contributed by atoms with Crippen LogP contribution in [-0.2, 0) is 11.3 Å². The highest BCUT2D eigenvalue weighted by molar-refractivity contribution is 7.12. The number of benzene rings is 1. The number of thiophene rings is 1. The zero-order chi connectivity index (χ0) is 17.9. The molecule has 0 aliphatic heterocycles. The van der Waals surface area contributed by atoms with Gasteiger partial charge in [-0.3, -0.25) is 0 Å². The molecule has 130 valence electrons. The Hall–Kier alpha value is -3.33. The number of rotatable bonds is 5. The Morgan fingerprint density at radius 3 is 2.88 bits per heavy atom. The minimum Gasteiger partial charge on any atom is -0.455 e. The average Bonchev–Trinajstić information content (AvgIpc) is 3.40. The van der Waals surface area contributed by atoms with E-state index in [0.29, 0.717) is 27.9 Å². The lowest BCUT2D eigenvalue weighted by molar-refractivity contribution is 0.0472. The molecule has 0 amide bonds. The molecule has 0 saturated carbocycles. The summed E-state index contributed by atoms with van der Waals surface area (Å²) in [6.07, 6.45) is 1.42. The SMILES string of the molecule is Cc1oc(-c2ccccc2)nc1COC(=O)c1sccc1-n1cnnn1. The zero-order valence-electron chi connectivity index (χ0n) is 13.7. The number of tetrazole rings is 1. The molecule has 0 fully saturated rings. The van der Waals surface area contributed by atoms with Gasteiger partial charge in [0, 0.05) is 5.56 Å². The molecule has 0 unspecified atom stereocenters. The summed E-state index contributed by atoms with van der Waals surface area (Å²) in [5.41, 5.74) is 2.02. The number of oxazole rings is 1. The number of hydrogen-bond donors (Lipinski definition) is 0. The van der Waals surface area contributed by atoms with Crippen LogP contribution in [0.15, 0.2) is 52.5 Å². The summed E-state index contributed by atoms with van der Waals surface area (Å²) < 4.78 is 12.5. The van der Waals surface area contributed by atoms with E-state index in [0.717, 1.165) is 5.56 Å². The fourth-order valence-electron chi connectivity index (χ4n) is 2.37. The van der Waals surface area contributed by atoms with E-state index in [1.54, 1.807) is 18.4 Å². The van der Waals surface area contributed by atoms with Gasteiger partial charge in [0.15, 0.2) is 0 Å². The smallest absolute Gasteiger partial charge is 0.350 e. The van der Waals surface area contributed by atoms with Gasteiger partial charge in [-0.2, -0.15) is 4.68 Å². The molecular weight excluding hydrogens is 354 g/mol. The van der Waals surface area contributed by atoms with Gasteiger partial charge in [-0.05, 0) is 40.9 Å². The van der Waals surface area contributed by atoms with E-state index in [1.165, 1.54) is 22.3 Å². The molecule has 3 heterocycles. The number of carbonyl (C=O) groups excluding carboxylic acids is 1. The third-order valence-corrected chi connectivity index (χ3v) is 4.56. The third-order valence-electron chi connectivity index (χ3n) is 3.68. The molecule has 0 saturated heterocycles. The Bertz CT molecular complexity index is 1020. The van der Waals surface area contributed by atoms with Crippen molar-refractivity contribution in [3.8, 4) is 17.1 Å². The lowest BCUT2D eigenvalue weighted by Crippen LogP contribution is -2.08. The van der Waals surface area contributed by atoms with Gasteiger partial charge < -0.3 is 9.15 Å². The van der Waals surface area contributed by atoms with Crippen LogP contribution in [0.3, 0.4) is 0 Å². The normalized spacial score (nSPS) is 10.8. The van der Waals surface area contributed by atoms with Crippen molar-refractivity contribution in [3.05, 3.63) is 64.4 Å². The molecule has 0 aliphatic carbocycles. The third kappa shape index (κ3) is 3.11. The minimum absolute atomic E-state index is 0.0218. The van der Waals surface area contributed by atoms with Crippen molar-refractivity contribution in [2.45, 2.75) is 13.5 Å². The Kier molecular flexibility index (Phi) is 4.28. The fourth-order valence-corrected chi connectivity index (χ4v) is 3.14. The highest BCUT2D eigenvalue weighted by Crippen LogP contribution is 2.24. The standard InChI is InChI=1S/C17H13N5O3S/c1-11-13(19-16(25-11)12-5-3-2-4-6-12)9-24-17(23)15-14(7-8-26-15)22-10-18-20-21-22/h2-8,10H,9H2,1H3. The Balaban J connectivity index is 1.49. The minimum atomic E-state index is -0.464. The molecule has 0 spiro atoms. The summed E-state index contributed by atoms with van der Waals surface area (Å²) in [6.45, 7) is 1.81. The van der Waals surface area contributed by atoms with E-state index in [2.05, 4.69) is 20.5 Å². The van der Waals surface area contributed by atoms with E-state index < -0.39 is 5.97 Å². The van der Waals surface area contributed by atoms with Crippen LogP contribution in [0.4, 0.5) is 0 Å². The van der Waals surface area contributed by atoms with E-state index in [4.69, 9.17) is 9.15 Å². The van der Waals surface area contributed by atoms with Gasteiger partial charge in [0.2, 0.25) is 5.89 Å². The second-order valence-electron chi connectivity index (χ2n) is 5.35. The molecule has 0 aliphatic rings. The molecule has 0 bridgehead atoms. The number of carbonyl (C=O) groups is 1. The lowest BCUT2D eigenvalue weighted by atomic mass is 10.2. The maximum atomic E-state index is 12.4. The summed E-state index contributed by atoms with van der Waals surface area (Å²) >= 11 is 1.26. The van der Waals surface area contributed by atoms with Crippen LogP contribution in [0.2, 0.25) is 0 Å². The number of ether oxygens (including phenoxy) is 1. The summed E-state index contributed by atoms with van der Waals surface area (Å²) in [4.78, 5) is 17.3. The van der Waals surface area contributed by atoms with Crippen LogP contribution >= 0.6 is 11.3 Å². The highest BCUT2D eigenvalue weighted by atomic mass is 32.1. The van der Waals surface area contributed by atoms with Crippen molar-refractivity contribution in [2.24, 2.45) is 0 Å². The molecule has 9 heteroatoms. The Labute approximate surface area is 152 Å². The van der Waals surface area contributed by atoms with Crippen LogP contribution in [0.25, 0.3) is 17.1 Å². The predicted molar refractivity (Wildman–Crippen MR) is 92.8 cm³/mol. The first-order valence-corrected chi connectivity index (χ1v) is 8.60. The topological polar surface area (TPSA) is 95.9 Å². The molecule has 1 aromatic carbocycles. The van der Waals surface area contributed by atoms with Gasteiger partial charge in [-0.25, -0.2) is 9.78 Å². The van der Waals surface area contributed by atoms with Crippen LogP contribution in [0, 0.1) is 6.92 Å². The Morgan fingerprint density at radius 1 is 1.27 bits per heavy atom. The molecule has 0 atom stereocenters. The second-order valence-corrected chi connectivity index (χ2v) is 6.27. The molecule has 26 heavy (non-hydrogen) atoms. The quantitative estimate of drug-likeness (QED) is 0.500. The number of aromatic nitrogens is 5. The van der Waals surface area contributed by atoms with Gasteiger partial charge in [0.05, 0.1) is 5.69 Å². The lowest BCUT2D eigenvalue weighted by Gasteiger charge is -2.03. The monoisotopic (exact) mass is 367 g/mol. The summed E-state index contributed by atoms with van der Waals surface area (Å²) in [5.74, 6) is 0.650. The molecule has 4 aromatic rings. The van der Waals surface area contributed by atoms with Crippen LogP contribution < -0.4 is 0 Å². The summed E-state index contributed by atoms with van der Waals surface area (Å²) in [6, 6.07) is 11.3. The number of nitrogens with zero attached hydrogens (tertiary/aromatic N) is 5. The fraction of sp³-hybridized carbons (Fsp3) is 0.118. The van der Waals surface area contributed by atoms with Crippen molar-refractivity contribution >= 4 is 17.3 Å². The second kappa shape index (κ2) is 6.89. The number of aryl methyl sites for hydroxylation is 1. The van der Waals surface area contributed by atoms with Crippen molar-refractivity contribution in [1.82, 2.24) is 25.2 Å². The molecular formula is C17H13N5O3S. The van der Waals surface area contributed by atoms with E-state index in [9.17, 15) is 4.79 Å². The maximum Gasteiger partial charge on any atom is 0.350 e. The first-order valence-electron chi connectivity index (χ1n) is 7.72. The van der Waals surface area contributed by atoms with Crippen LogP contribution in [0.1, 0.15) is 21.1 Å². The molecule has 0 N–H and O–H groups in total. The number of esters is 1. The van der Waals surface area contributed by atoms with Crippen molar-refractivity contribution in [3.63, 3.8) is 0 Å². The van der Waals surface area contributed by atoms with Crippen LogP contribution in [0.5, 0.6) is 0 Å². The van der Waals surface area contributed by atoms with Crippen molar-refractivity contribution in [1.29, 1.82) is 0 Å². The molecule has 3 aromatic heterocycles. The van der Waals surface area contributed by atoms with Gasteiger partial charge in [0.25, 0.3) is 0 Å². The largest absolute Gasteiger partial charge is 0.455 e. The van der Waals surface area contributed by atoms with E-state index in [1.807, 2.05) is 30.3 Å². The zero-order valence-corrected chi connectivity index (χ0v) is 14.5. The van der Waals surface area contributed by atoms with Crippen LogP contribution in [-0.4, -0.2) is 31.2 Å². The summed E-state index contributed by atoms with van der Waals surface area (Å²) in [5, 5.41) is 12.7. The predicted octanol–water partition coefficient (Wildman–Crippen LogP) is 3.04. The van der Waals surface area contributed by atoms with E-state index in [-0.39, 0.29) is 6.61 Å². The van der Waals surface area contributed by atoms with Gasteiger partial charge in [-0.15, -0.1) is 16.4 Å². The van der Waals surface area contributed by atoms with Gasteiger partial charge >= 0.3 is 5.97 Å². The summed E-state index contributed by atoms with van der Waals surface area (Å²) in [7, 11) is 0. The highest BCUT2D eigenvalue weighted by Gasteiger charge is 2.19. The molecule has 4 rings (SSSR count). The first-order chi connectivity index (χ1) is 12.7. The van der Waals surface area contributed by atoms with Crippen molar-refractivity contribution < 1.29 is 13.9 Å². The first kappa shape index (κ1) is 16.2. The molecule has 0 radical (unpaired) electrons. The maximum absolute atomic E-state index is 12.4. The van der Waals surface area contributed by atoms with Gasteiger partial charge in [0.1, 0.15) is 29.3 Å². The van der Waals surface area contributed by atoms with E-state index >= 15 is 0 Å².